The normalized spacial score (nSPS) is 12.2. The Balaban J connectivity index is 2.00. The van der Waals surface area contributed by atoms with Gasteiger partial charge in [0, 0.05) is 4.47 Å². The average molecular weight is 306 g/mol. The monoisotopic (exact) mass is 305 g/mol. The highest BCUT2D eigenvalue weighted by Gasteiger charge is 2.08. The van der Waals surface area contributed by atoms with E-state index in [0.717, 1.165) is 21.3 Å². The molecule has 18 heavy (non-hydrogen) atoms. The lowest BCUT2D eigenvalue weighted by Gasteiger charge is -2.15. The maximum absolute atomic E-state index is 6.12. The molecule has 0 spiro atoms. The van der Waals surface area contributed by atoms with E-state index >= 15 is 0 Å². The summed E-state index contributed by atoms with van der Waals surface area (Å²) in [6, 6.07) is 15.8. The van der Waals surface area contributed by atoms with Crippen LogP contribution in [0.15, 0.2) is 53.0 Å². The van der Waals surface area contributed by atoms with Crippen molar-refractivity contribution in [3.63, 3.8) is 0 Å². The number of halogens is 1. The summed E-state index contributed by atoms with van der Waals surface area (Å²) >= 11 is 3.44. The van der Waals surface area contributed by atoms with Crippen molar-refractivity contribution < 1.29 is 4.74 Å². The van der Waals surface area contributed by atoms with Crippen LogP contribution in [-0.4, -0.2) is 6.61 Å². The third kappa shape index (κ3) is 3.34. The highest BCUT2D eigenvalue weighted by Crippen LogP contribution is 2.20. The highest BCUT2D eigenvalue weighted by molar-refractivity contribution is 9.10. The number of ether oxygens (including phenoxy) is 1. The zero-order chi connectivity index (χ0) is 13.0. The second-order valence-electron chi connectivity index (χ2n) is 4.24. The Morgan fingerprint density at radius 1 is 1.17 bits per heavy atom. The molecule has 94 valence electrons. The van der Waals surface area contributed by atoms with Gasteiger partial charge in [0.05, 0.1) is 6.04 Å². The summed E-state index contributed by atoms with van der Waals surface area (Å²) in [6.07, 6.45) is 0. The summed E-state index contributed by atoms with van der Waals surface area (Å²) in [7, 11) is 0. The first kappa shape index (κ1) is 13.1. The SMILES string of the molecule is Cc1ccccc1OCC(N)c1cccc(Br)c1. The van der Waals surface area contributed by atoms with Gasteiger partial charge in [-0.15, -0.1) is 0 Å². The molecule has 0 amide bonds. The van der Waals surface area contributed by atoms with Crippen molar-refractivity contribution in [2.75, 3.05) is 6.61 Å². The van der Waals surface area contributed by atoms with Crippen LogP contribution in [0, 0.1) is 6.92 Å². The molecule has 0 radical (unpaired) electrons. The topological polar surface area (TPSA) is 35.2 Å². The molecule has 0 saturated heterocycles. The Morgan fingerprint density at radius 2 is 1.94 bits per heavy atom. The van der Waals surface area contributed by atoms with E-state index in [0.29, 0.717) is 6.61 Å². The predicted molar refractivity (Wildman–Crippen MR) is 77.7 cm³/mol. The lowest BCUT2D eigenvalue weighted by Crippen LogP contribution is -2.19. The molecule has 2 aromatic carbocycles. The first-order chi connectivity index (χ1) is 8.66. The van der Waals surface area contributed by atoms with Gasteiger partial charge in [-0.2, -0.15) is 0 Å². The molecule has 0 aliphatic carbocycles. The van der Waals surface area contributed by atoms with E-state index in [-0.39, 0.29) is 6.04 Å². The van der Waals surface area contributed by atoms with Crippen LogP contribution in [0.25, 0.3) is 0 Å². The second-order valence-corrected chi connectivity index (χ2v) is 5.15. The molecule has 0 bridgehead atoms. The Morgan fingerprint density at radius 3 is 2.67 bits per heavy atom. The van der Waals surface area contributed by atoms with Gasteiger partial charge in [0.25, 0.3) is 0 Å². The first-order valence-electron chi connectivity index (χ1n) is 5.86. The van der Waals surface area contributed by atoms with Crippen molar-refractivity contribution in [3.8, 4) is 5.75 Å². The number of para-hydroxylation sites is 1. The Kier molecular flexibility index (Phi) is 4.39. The molecule has 1 atom stereocenters. The lowest BCUT2D eigenvalue weighted by atomic mass is 10.1. The Labute approximate surface area is 116 Å². The number of rotatable bonds is 4. The molecule has 2 nitrogen and oxygen atoms in total. The standard InChI is InChI=1S/C15H16BrNO/c1-11-5-2-3-8-15(11)18-10-14(17)12-6-4-7-13(16)9-12/h2-9,14H,10,17H2,1H3. The van der Waals surface area contributed by atoms with Crippen LogP contribution in [0.1, 0.15) is 17.2 Å². The van der Waals surface area contributed by atoms with Crippen molar-refractivity contribution in [2.24, 2.45) is 5.73 Å². The van der Waals surface area contributed by atoms with Gasteiger partial charge >= 0.3 is 0 Å². The quantitative estimate of drug-likeness (QED) is 0.931. The van der Waals surface area contributed by atoms with Crippen LogP contribution < -0.4 is 10.5 Å². The molecular weight excluding hydrogens is 290 g/mol. The van der Waals surface area contributed by atoms with Gasteiger partial charge in [-0.1, -0.05) is 46.3 Å². The van der Waals surface area contributed by atoms with Gasteiger partial charge in [-0.25, -0.2) is 0 Å². The number of aryl methyl sites for hydroxylation is 1. The van der Waals surface area contributed by atoms with E-state index in [2.05, 4.69) is 15.9 Å². The van der Waals surface area contributed by atoms with E-state index in [4.69, 9.17) is 10.5 Å². The Bertz CT molecular complexity index is 527. The number of hydrogen-bond acceptors (Lipinski definition) is 2. The molecule has 0 heterocycles. The van der Waals surface area contributed by atoms with Crippen LogP contribution in [0.5, 0.6) is 5.75 Å². The fraction of sp³-hybridized carbons (Fsp3) is 0.200. The molecule has 0 aliphatic heterocycles. The van der Waals surface area contributed by atoms with Crippen molar-refractivity contribution in [3.05, 3.63) is 64.1 Å². The maximum atomic E-state index is 6.12. The van der Waals surface area contributed by atoms with Crippen molar-refractivity contribution >= 4 is 15.9 Å². The minimum atomic E-state index is -0.123. The van der Waals surface area contributed by atoms with Crippen LogP contribution in [0.3, 0.4) is 0 Å². The number of hydrogen-bond donors (Lipinski definition) is 1. The molecule has 2 aromatic rings. The molecule has 0 aromatic heterocycles. The van der Waals surface area contributed by atoms with Crippen molar-refractivity contribution in [1.82, 2.24) is 0 Å². The van der Waals surface area contributed by atoms with Gasteiger partial charge in [-0.05, 0) is 36.2 Å². The third-order valence-electron chi connectivity index (χ3n) is 2.79. The van der Waals surface area contributed by atoms with Crippen LogP contribution in [-0.2, 0) is 0 Å². The summed E-state index contributed by atoms with van der Waals surface area (Å²) < 4.78 is 6.79. The largest absolute Gasteiger partial charge is 0.491 e. The minimum absolute atomic E-state index is 0.123. The number of nitrogens with two attached hydrogens (primary N) is 1. The van der Waals surface area contributed by atoms with Gasteiger partial charge in [0.15, 0.2) is 0 Å². The van der Waals surface area contributed by atoms with Crippen LogP contribution >= 0.6 is 15.9 Å². The molecule has 1 unspecified atom stereocenters. The van der Waals surface area contributed by atoms with E-state index in [1.54, 1.807) is 0 Å². The van der Waals surface area contributed by atoms with Gasteiger partial charge in [-0.3, -0.25) is 0 Å². The second kappa shape index (κ2) is 6.03. The summed E-state index contributed by atoms with van der Waals surface area (Å²) in [6.45, 7) is 2.50. The van der Waals surface area contributed by atoms with Gasteiger partial charge in [0.2, 0.25) is 0 Å². The van der Waals surface area contributed by atoms with Crippen LogP contribution in [0.4, 0.5) is 0 Å². The fourth-order valence-electron chi connectivity index (χ4n) is 1.73. The first-order valence-corrected chi connectivity index (χ1v) is 6.65. The molecule has 3 heteroatoms. The summed E-state index contributed by atoms with van der Waals surface area (Å²) in [4.78, 5) is 0. The summed E-state index contributed by atoms with van der Waals surface area (Å²) in [5, 5.41) is 0. The third-order valence-corrected chi connectivity index (χ3v) is 3.28. The van der Waals surface area contributed by atoms with E-state index in [1.165, 1.54) is 0 Å². The maximum Gasteiger partial charge on any atom is 0.122 e. The molecule has 2 N–H and O–H groups in total. The fourth-order valence-corrected chi connectivity index (χ4v) is 2.15. The van der Waals surface area contributed by atoms with Crippen LogP contribution in [0.2, 0.25) is 0 Å². The lowest BCUT2D eigenvalue weighted by molar-refractivity contribution is 0.289. The van der Waals surface area contributed by atoms with Crippen molar-refractivity contribution in [2.45, 2.75) is 13.0 Å². The van der Waals surface area contributed by atoms with E-state index in [9.17, 15) is 0 Å². The van der Waals surface area contributed by atoms with Gasteiger partial charge in [0.1, 0.15) is 12.4 Å². The highest BCUT2D eigenvalue weighted by atomic mass is 79.9. The summed E-state index contributed by atoms with van der Waals surface area (Å²) in [5.41, 5.74) is 8.31. The zero-order valence-corrected chi connectivity index (χ0v) is 11.9. The molecule has 0 fully saturated rings. The summed E-state index contributed by atoms with van der Waals surface area (Å²) in [5.74, 6) is 0.892. The van der Waals surface area contributed by atoms with E-state index < -0.39 is 0 Å². The predicted octanol–water partition coefficient (Wildman–Crippen LogP) is 3.84. The van der Waals surface area contributed by atoms with Gasteiger partial charge < -0.3 is 10.5 Å². The molecule has 2 rings (SSSR count). The molecule has 0 saturated carbocycles. The minimum Gasteiger partial charge on any atom is -0.491 e. The smallest absolute Gasteiger partial charge is 0.122 e. The Hall–Kier alpha value is -1.32. The molecular formula is C15H16BrNO. The average Bonchev–Trinajstić information content (AvgIpc) is 2.37. The van der Waals surface area contributed by atoms with E-state index in [1.807, 2.05) is 55.5 Å². The van der Waals surface area contributed by atoms with Crippen molar-refractivity contribution in [1.29, 1.82) is 0 Å². The number of benzene rings is 2. The molecule has 0 aliphatic rings. The zero-order valence-electron chi connectivity index (χ0n) is 10.3.